The summed E-state index contributed by atoms with van der Waals surface area (Å²) >= 11 is 0. The maximum Gasteiger partial charge on any atom is 0.251 e. The van der Waals surface area contributed by atoms with Gasteiger partial charge < -0.3 is 15.3 Å². The van der Waals surface area contributed by atoms with Crippen LogP contribution in [0.3, 0.4) is 0 Å². The number of hydrogen-bond acceptors (Lipinski definition) is 3. The van der Waals surface area contributed by atoms with Gasteiger partial charge in [-0.05, 0) is 43.5 Å². The van der Waals surface area contributed by atoms with E-state index in [1.807, 2.05) is 38.2 Å². The lowest BCUT2D eigenvalue weighted by Gasteiger charge is -2.19. The molecule has 0 aliphatic rings. The molecule has 1 aromatic rings. The lowest BCUT2D eigenvalue weighted by Crippen LogP contribution is -2.35. The molecule has 1 amide bonds. The molecule has 112 valence electrons. The van der Waals surface area contributed by atoms with E-state index in [2.05, 4.69) is 17.1 Å². The van der Waals surface area contributed by atoms with Crippen molar-refractivity contribution in [3.8, 4) is 0 Å². The van der Waals surface area contributed by atoms with Crippen LogP contribution in [0.25, 0.3) is 0 Å². The monoisotopic (exact) mass is 278 g/mol. The summed E-state index contributed by atoms with van der Waals surface area (Å²) in [6, 6.07) is 7.68. The van der Waals surface area contributed by atoms with Crippen LogP contribution in [-0.4, -0.2) is 37.3 Å². The van der Waals surface area contributed by atoms with Crippen LogP contribution < -0.4 is 10.2 Å². The number of amides is 1. The molecule has 0 aromatic heterocycles. The lowest BCUT2D eigenvalue weighted by molar-refractivity contribution is 0.0929. The second-order valence-corrected chi connectivity index (χ2v) is 5.06. The highest BCUT2D eigenvalue weighted by atomic mass is 16.3. The van der Waals surface area contributed by atoms with Crippen LogP contribution >= 0.6 is 0 Å². The number of carbonyl (C=O) groups excluding carboxylic acids is 1. The predicted molar refractivity (Wildman–Crippen MR) is 83.3 cm³/mol. The first-order valence-electron chi connectivity index (χ1n) is 7.35. The number of carbonyl (C=O) groups is 1. The van der Waals surface area contributed by atoms with E-state index in [0.29, 0.717) is 12.0 Å². The van der Waals surface area contributed by atoms with Gasteiger partial charge >= 0.3 is 0 Å². The summed E-state index contributed by atoms with van der Waals surface area (Å²) in [4.78, 5) is 14.3. The molecule has 0 aliphatic carbocycles. The first-order chi connectivity index (χ1) is 9.62. The molecular formula is C16H26N2O2. The van der Waals surface area contributed by atoms with Crippen LogP contribution in [0.4, 0.5) is 5.69 Å². The highest BCUT2D eigenvalue weighted by Gasteiger charge is 2.11. The predicted octanol–water partition coefficient (Wildman–Crippen LogP) is 2.42. The lowest BCUT2D eigenvalue weighted by atomic mass is 10.1. The Bertz CT molecular complexity index is 403. The molecule has 2 N–H and O–H groups in total. The normalized spacial score (nSPS) is 12.0. The van der Waals surface area contributed by atoms with E-state index in [0.717, 1.165) is 25.1 Å². The summed E-state index contributed by atoms with van der Waals surface area (Å²) in [6.45, 7) is 5.24. The fourth-order valence-electron chi connectivity index (χ4n) is 2.13. The second-order valence-electron chi connectivity index (χ2n) is 5.06. The number of nitrogens with zero attached hydrogens (tertiary/aromatic N) is 1. The fraction of sp³-hybridized carbons (Fsp3) is 0.562. The van der Waals surface area contributed by atoms with Gasteiger partial charge in [-0.15, -0.1) is 0 Å². The van der Waals surface area contributed by atoms with E-state index in [-0.39, 0.29) is 18.6 Å². The van der Waals surface area contributed by atoms with Crippen LogP contribution in [0.2, 0.25) is 0 Å². The van der Waals surface area contributed by atoms with Crippen molar-refractivity contribution < 1.29 is 9.90 Å². The van der Waals surface area contributed by atoms with Gasteiger partial charge in [0, 0.05) is 37.5 Å². The highest BCUT2D eigenvalue weighted by Crippen LogP contribution is 2.14. The maximum absolute atomic E-state index is 12.1. The molecule has 1 rings (SSSR count). The number of hydrogen-bond donors (Lipinski definition) is 2. The van der Waals surface area contributed by atoms with Crippen LogP contribution in [0.1, 0.15) is 43.5 Å². The SMILES string of the molecule is CCCN(C)c1ccc(C(=O)NC(CC)CCO)cc1. The third-order valence-electron chi connectivity index (χ3n) is 3.43. The minimum absolute atomic E-state index is 0.0370. The number of nitrogens with one attached hydrogen (secondary N) is 1. The zero-order valence-electron chi connectivity index (χ0n) is 12.7. The average Bonchev–Trinajstić information content (AvgIpc) is 2.47. The summed E-state index contributed by atoms with van der Waals surface area (Å²) in [5, 5.41) is 11.9. The smallest absolute Gasteiger partial charge is 0.251 e. The van der Waals surface area contributed by atoms with Crippen molar-refractivity contribution in [2.75, 3.05) is 25.1 Å². The molecule has 1 atom stereocenters. The Morgan fingerprint density at radius 1 is 1.30 bits per heavy atom. The largest absolute Gasteiger partial charge is 0.396 e. The second kappa shape index (κ2) is 8.59. The van der Waals surface area contributed by atoms with Gasteiger partial charge in [0.25, 0.3) is 5.91 Å². The zero-order chi connectivity index (χ0) is 15.0. The molecular weight excluding hydrogens is 252 g/mol. The van der Waals surface area contributed by atoms with E-state index in [4.69, 9.17) is 5.11 Å². The van der Waals surface area contributed by atoms with Gasteiger partial charge in [-0.2, -0.15) is 0 Å². The topological polar surface area (TPSA) is 52.6 Å². The molecule has 1 aromatic carbocycles. The van der Waals surface area contributed by atoms with Crippen molar-refractivity contribution in [3.63, 3.8) is 0 Å². The van der Waals surface area contributed by atoms with Gasteiger partial charge in [-0.25, -0.2) is 0 Å². The van der Waals surface area contributed by atoms with Crippen LogP contribution in [0.15, 0.2) is 24.3 Å². The van der Waals surface area contributed by atoms with E-state index in [1.165, 1.54) is 0 Å². The quantitative estimate of drug-likeness (QED) is 0.768. The molecule has 1 unspecified atom stereocenters. The third-order valence-corrected chi connectivity index (χ3v) is 3.43. The number of benzene rings is 1. The van der Waals surface area contributed by atoms with Gasteiger partial charge in [0.1, 0.15) is 0 Å². The molecule has 0 fully saturated rings. The first kappa shape index (κ1) is 16.5. The Labute approximate surface area is 121 Å². The van der Waals surface area contributed by atoms with Crippen molar-refractivity contribution in [2.24, 2.45) is 0 Å². The van der Waals surface area contributed by atoms with Crippen LogP contribution in [0.5, 0.6) is 0 Å². The summed E-state index contributed by atoms with van der Waals surface area (Å²) in [6.07, 6.45) is 2.52. The summed E-state index contributed by atoms with van der Waals surface area (Å²) in [5.74, 6) is -0.0741. The molecule has 0 aliphatic heterocycles. The standard InChI is InChI=1S/C16H26N2O2/c1-4-11-18(3)15-8-6-13(7-9-15)16(20)17-14(5-2)10-12-19/h6-9,14,19H,4-5,10-12H2,1-3H3,(H,17,20). The van der Waals surface area contributed by atoms with Crippen molar-refractivity contribution in [2.45, 2.75) is 39.2 Å². The molecule has 20 heavy (non-hydrogen) atoms. The molecule has 0 bridgehead atoms. The molecule has 4 nitrogen and oxygen atoms in total. The number of aliphatic hydroxyl groups excluding tert-OH is 1. The van der Waals surface area contributed by atoms with Crippen molar-refractivity contribution in [3.05, 3.63) is 29.8 Å². The van der Waals surface area contributed by atoms with Gasteiger partial charge in [-0.1, -0.05) is 13.8 Å². The average molecular weight is 278 g/mol. The molecule has 0 heterocycles. The molecule has 4 heteroatoms. The third kappa shape index (κ3) is 4.85. The Morgan fingerprint density at radius 2 is 1.95 bits per heavy atom. The zero-order valence-corrected chi connectivity index (χ0v) is 12.7. The highest BCUT2D eigenvalue weighted by molar-refractivity contribution is 5.94. The Hall–Kier alpha value is -1.55. The maximum atomic E-state index is 12.1. The Kier molecular flexibility index (Phi) is 7.09. The molecule has 0 saturated carbocycles. The van der Waals surface area contributed by atoms with E-state index < -0.39 is 0 Å². The minimum atomic E-state index is -0.0741. The number of anilines is 1. The van der Waals surface area contributed by atoms with Gasteiger partial charge in [0.05, 0.1) is 0 Å². The van der Waals surface area contributed by atoms with E-state index in [9.17, 15) is 4.79 Å². The molecule has 0 saturated heterocycles. The van der Waals surface area contributed by atoms with Crippen LogP contribution in [0, 0.1) is 0 Å². The van der Waals surface area contributed by atoms with Gasteiger partial charge in [-0.3, -0.25) is 4.79 Å². The summed E-state index contributed by atoms with van der Waals surface area (Å²) in [7, 11) is 2.05. The van der Waals surface area contributed by atoms with Crippen molar-refractivity contribution >= 4 is 11.6 Å². The van der Waals surface area contributed by atoms with E-state index in [1.54, 1.807) is 0 Å². The van der Waals surface area contributed by atoms with Crippen molar-refractivity contribution in [1.29, 1.82) is 0 Å². The minimum Gasteiger partial charge on any atom is -0.396 e. The molecule has 0 radical (unpaired) electrons. The summed E-state index contributed by atoms with van der Waals surface area (Å²) in [5.41, 5.74) is 1.78. The summed E-state index contributed by atoms with van der Waals surface area (Å²) < 4.78 is 0. The Balaban J connectivity index is 2.65. The van der Waals surface area contributed by atoms with Crippen LogP contribution in [-0.2, 0) is 0 Å². The van der Waals surface area contributed by atoms with E-state index >= 15 is 0 Å². The number of aliphatic hydroxyl groups is 1. The Morgan fingerprint density at radius 3 is 2.45 bits per heavy atom. The molecule has 0 spiro atoms. The fourth-order valence-corrected chi connectivity index (χ4v) is 2.13. The van der Waals surface area contributed by atoms with Gasteiger partial charge in [0.15, 0.2) is 0 Å². The first-order valence-corrected chi connectivity index (χ1v) is 7.35. The van der Waals surface area contributed by atoms with Crippen molar-refractivity contribution in [1.82, 2.24) is 5.32 Å². The number of rotatable bonds is 8. The van der Waals surface area contributed by atoms with Gasteiger partial charge in [0.2, 0.25) is 0 Å².